The Kier molecular flexibility index (Phi) is 3.64. The number of carbonyl (C=O) groups excluding carboxylic acids is 1. The molecule has 98 valence electrons. The molecule has 2 rings (SSSR count). The largest absolute Gasteiger partial charge is 0.336 e. The monoisotopic (exact) mass is 238 g/mol. The molecule has 0 aliphatic carbocycles. The van der Waals surface area contributed by atoms with Crippen LogP contribution in [0.1, 0.15) is 53.4 Å². The summed E-state index contributed by atoms with van der Waals surface area (Å²) in [5, 5.41) is 3.04. The maximum absolute atomic E-state index is 12.2. The van der Waals surface area contributed by atoms with E-state index in [0.717, 1.165) is 11.8 Å². The first kappa shape index (κ1) is 12.7. The van der Waals surface area contributed by atoms with Crippen LogP contribution in [0.4, 0.5) is 4.79 Å². The standard InChI is InChI=1S/C14H26N2O/c1-9(2)11-7-12-5-6-13(8-11)16(12)14(17)15-10(3)4/h9-13H,5-8H2,1-4H3,(H,15,17). The van der Waals surface area contributed by atoms with Gasteiger partial charge >= 0.3 is 6.03 Å². The second-order valence-electron chi connectivity index (χ2n) is 6.37. The van der Waals surface area contributed by atoms with Gasteiger partial charge in [-0.05, 0) is 51.4 Å². The number of amides is 2. The van der Waals surface area contributed by atoms with Crippen LogP contribution in [-0.4, -0.2) is 29.1 Å². The van der Waals surface area contributed by atoms with Crippen molar-refractivity contribution in [3.05, 3.63) is 0 Å². The van der Waals surface area contributed by atoms with Crippen molar-refractivity contribution in [3.8, 4) is 0 Å². The molecule has 2 aliphatic rings. The molecule has 2 atom stereocenters. The van der Waals surface area contributed by atoms with Crippen LogP contribution in [0.5, 0.6) is 0 Å². The van der Waals surface area contributed by atoms with Crippen LogP contribution in [0, 0.1) is 11.8 Å². The Morgan fingerprint density at radius 3 is 2.06 bits per heavy atom. The van der Waals surface area contributed by atoms with Gasteiger partial charge in [0, 0.05) is 18.1 Å². The maximum atomic E-state index is 12.2. The van der Waals surface area contributed by atoms with E-state index in [1.165, 1.54) is 25.7 Å². The molecule has 2 saturated heterocycles. The summed E-state index contributed by atoms with van der Waals surface area (Å²) in [5.41, 5.74) is 0. The molecule has 1 N–H and O–H groups in total. The molecule has 2 amide bonds. The Morgan fingerprint density at radius 2 is 1.65 bits per heavy atom. The number of hydrogen-bond donors (Lipinski definition) is 1. The van der Waals surface area contributed by atoms with Gasteiger partial charge in [0.1, 0.15) is 0 Å². The van der Waals surface area contributed by atoms with Gasteiger partial charge in [0.15, 0.2) is 0 Å². The van der Waals surface area contributed by atoms with Gasteiger partial charge in [-0.1, -0.05) is 13.8 Å². The van der Waals surface area contributed by atoms with Crippen molar-refractivity contribution in [2.45, 2.75) is 71.5 Å². The van der Waals surface area contributed by atoms with Crippen molar-refractivity contribution in [3.63, 3.8) is 0 Å². The molecule has 0 saturated carbocycles. The highest BCUT2D eigenvalue weighted by atomic mass is 16.2. The van der Waals surface area contributed by atoms with Crippen LogP contribution in [0.15, 0.2) is 0 Å². The van der Waals surface area contributed by atoms with Gasteiger partial charge in [-0.15, -0.1) is 0 Å². The van der Waals surface area contributed by atoms with E-state index in [0.29, 0.717) is 12.1 Å². The number of urea groups is 1. The zero-order valence-electron chi connectivity index (χ0n) is 11.6. The maximum Gasteiger partial charge on any atom is 0.318 e. The van der Waals surface area contributed by atoms with E-state index in [1.807, 2.05) is 13.8 Å². The highest BCUT2D eigenvalue weighted by Gasteiger charge is 2.43. The van der Waals surface area contributed by atoms with Crippen LogP contribution in [-0.2, 0) is 0 Å². The lowest BCUT2D eigenvalue weighted by Gasteiger charge is -2.40. The van der Waals surface area contributed by atoms with Crippen molar-refractivity contribution in [1.82, 2.24) is 10.2 Å². The molecule has 0 aromatic heterocycles. The van der Waals surface area contributed by atoms with Gasteiger partial charge in [0.2, 0.25) is 0 Å². The summed E-state index contributed by atoms with van der Waals surface area (Å²) in [5.74, 6) is 1.57. The summed E-state index contributed by atoms with van der Waals surface area (Å²) in [6, 6.07) is 1.40. The summed E-state index contributed by atoms with van der Waals surface area (Å²) in [7, 11) is 0. The molecule has 17 heavy (non-hydrogen) atoms. The molecule has 0 spiro atoms. The van der Waals surface area contributed by atoms with Crippen molar-refractivity contribution in [1.29, 1.82) is 0 Å². The van der Waals surface area contributed by atoms with E-state index < -0.39 is 0 Å². The molecule has 2 unspecified atom stereocenters. The summed E-state index contributed by atoms with van der Waals surface area (Å²) < 4.78 is 0. The first-order valence-corrected chi connectivity index (χ1v) is 7.08. The van der Waals surface area contributed by atoms with Crippen LogP contribution in [0.2, 0.25) is 0 Å². The van der Waals surface area contributed by atoms with Crippen molar-refractivity contribution in [2.24, 2.45) is 11.8 Å². The van der Waals surface area contributed by atoms with E-state index in [9.17, 15) is 4.79 Å². The molecular formula is C14H26N2O. The van der Waals surface area contributed by atoms with Gasteiger partial charge in [-0.3, -0.25) is 0 Å². The average molecular weight is 238 g/mol. The van der Waals surface area contributed by atoms with Crippen LogP contribution in [0.25, 0.3) is 0 Å². The van der Waals surface area contributed by atoms with Crippen molar-refractivity contribution >= 4 is 6.03 Å². The SMILES string of the molecule is CC(C)NC(=O)N1C2CCC1CC(C(C)C)C2. The summed E-state index contributed by atoms with van der Waals surface area (Å²) >= 11 is 0. The van der Waals surface area contributed by atoms with Gasteiger partial charge in [0.05, 0.1) is 0 Å². The number of carbonyl (C=O) groups is 1. The lowest BCUT2D eigenvalue weighted by Crippen LogP contribution is -2.52. The molecule has 3 nitrogen and oxygen atoms in total. The first-order valence-electron chi connectivity index (χ1n) is 7.08. The first-order chi connectivity index (χ1) is 7.99. The molecule has 2 bridgehead atoms. The minimum Gasteiger partial charge on any atom is -0.336 e. The molecule has 2 fully saturated rings. The number of nitrogens with one attached hydrogen (secondary N) is 1. The van der Waals surface area contributed by atoms with Gasteiger partial charge in [-0.2, -0.15) is 0 Å². The molecule has 0 radical (unpaired) electrons. The summed E-state index contributed by atoms with van der Waals surface area (Å²) in [4.78, 5) is 14.3. The molecule has 2 heterocycles. The second kappa shape index (κ2) is 4.87. The van der Waals surface area contributed by atoms with Crippen molar-refractivity contribution in [2.75, 3.05) is 0 Å². The third kappa shape index (κ3) is 2.58. The Morgan fingerprint density at radius 1 is 1.12 bits per heavy atom. The van der Waals surface area contributed by atoms with E-state index in [2.05, 4.69) is 24.1 Å². The minimum atomic E-state index is 0.162. The molecule has 3 heteroatoms. The number of piperidine rings is 1. The van der Waals surface area contributed by atoms with Gasteiger partial charge < -0.3 is 10.2 Å². The van der Waals surface area contributed by atoms with E-state index in [1.54, 1.807) is 0 Å². The third-order valence-electron chi connectivity index (χ3n) is 4.36. The Bertz CT molecular complexity index is 274. The Hall–Kier alpha value is -0.730. The third-order valence-corrected chi connectivity index (χ3v) is 4.36. The van der Waals surface area contributed by atoms with E-state index in [4.69, 9.17) is 0 Å². The highest BCUT2D eigenvalue weighted by molar-refractivity contribution is 5.75. The minimum absolute atomic E-state index is 0.162. The molecule has 0 aromatic rings. The fourth-order valence-electron chi connectivity index (χ4n) is 3.42. The Labute approximate surface area is 105 Å². The molecule has 2 aliphatic heterocycles. The normalized spacial score (nSPS) is 32.4. The second-order valence-corrected chi connectivity index (χ2v) is 6.37. The Balaban J connectivity index is 2.01. The van der Waals surface area contributed by atoms with Crippen LogP contribution < -0.4 is 5.32 Å². The van der Waals surface area contributed by atoms with E-state index >= 15 is 0 Å². The van der Waals surface area contributed by atoms with Gasteiger partial charge in [0.25, 0.3) is 0 Å². The average Bonchev–Trinajstić information content (AvgIpc) is 2.48. The molecular weight excluding hydrogens is 212 g/mol. The lowest BCUT2D eigenvalue weighted by atomic mass is 9.83. The fourth-order valence-corrected chi connectivity index (χ4v) is 3.42. The van der Waals surface area contributed by atoms with Crippen molar-refractivity contribution < 1.29 is 4.79 Å². The fraction of sp³-hybridized carbons (Fsp3) is 0.929. The van der Waals surface area contributed by atoms with Crippen LogP contribution in [0.3, 0.4) is 0 Å². The quantitative estimate of drug-likeness (QED) is 0.788. The number of rotatable bonds is 2. The number of fused-ring (bicyclic) bond motifs is 2. The predicted molar refractivity (Wildman–Crippen MR) is 69.9 cm³/mol. The zero-order chi connectivity index (χ0) is 12.6. The predicted octanol–water partition coefficient (Wildman–Crippen LogP) is 3.00. The smallest absolute Gasteiger partial charge is 0.318 e. The number of hydrogen-bond acceptors (Lipinski definition) is 1. The summed E-state index contributed by atoms with van der Waals surface area (Å²) in [6.45, 7) is 8.68. The highest BCUT2D eigenvalue weighted by Crippen LogP contribution is 2.41. The molecule has 0 aromatic carbocycles. The van der Waals surface area contributed by atoms with Gasteiger partial charge in [-0.25, -0.2) is 4.79 Å². The van der Waals surface area contributed by atoms with Crippen LogP contribution >= 0.6 is 0 Å². The number of nitrogens with zero attached hydrogens (tertiary/aromatic N) is 1. The zero-order valence-corrected chi connectivity index (χ0v) is 11.6. The summed E-state index contributed by atoms with van der Waals surface area (Å²) in [6.07, 6.45) is 4.83. The topological polar surface area (TPSA) is 32.3 Å². The lowest BCUT2D eigenvalue weighted by molar-refractivity contribution is 0.104. The van der Waals surface area contributed by atoms with E-state index in [-0.39, 0.29) is 12.1 Å².